The molecule has 7 nitrogen and oxygen atoms in total. The minimum Gasteiger partial charge on any atom is -0.416 e. The molecule has 56 heavy (non-hydrogen) atoms. The molecule has 0 N–H and O–H groups in total. The number of benzene rings is 2. The van der Waals surface area contributed by atoms with Gasteiger partial charge in [-0.2, -0.15) is 0 Å². The quantitative estimate of drug-likeness (QED) is 0.156. The summed E-state index contributed by atoms with van der Waals surface area (Å²) < 4.78 is 34.0. The summed E-state index contributed by atoms with van der Waals surface area (Å²) in [6.07, 6.45) is 6.93. The molecule has 3 unspecified atom stereocenters. The van der Waals surface area contributed by atoms with Crippen LogP contribution in [0, 0.1) is 23.5 Å². The predicted octanol–water partition coefficient (Wildman–Crippen LogP) is 10.5. The average molecular weight is 809 g/mol. The Morgan fingerprint density at radius 2 is 1.29 bits per heavy atom. The average Bonchev–Trinajstić information content (AvgIpc) is 4.14. The number of esters is 1. The lowest BCUT2D eigenvalue weighted by Gasteiger charge is -2.37. The molecule has 0 radical (unpaired) electrons. The molecule has 8 rings (SSSR count). The van der Waals surface area contributed by atoms with Gasteiger partial charge >= 0.3 is 5.97 Å². The van der Waals surface area contributed by atoms with Gasteiger partial charge in [-0.05, 0) is 73.9 Å². The molecule has 4 heterocycles. The Kier molecular flexibility index (Phi) is 18.5. The van der Waals surface area contributed by atoms with Crippen molar-refractivity contribution in [2.75, 3.05) is 19.6 Å². The van der Waals surface area contributed by atoms with E-state index in [1.54, 1.807) is 42.5 Å². The Morgan fingerprint density at radius 3 is 1.77 bits per heavy atom. The number of carbonyl (C=O) groups is 4. The number of Topliss-reactive ketones (excluding diaryl/α,β-unsaturated/α-hetero) is 2. The normalized spacial score (nSPS) is 19.4. The van der Waals surface area contributed by atoms with Gasteiger partial charge < -0.3 is 4.74 Å². The number of likely N-dealkylation sites (tertiary alicyclic amines) is 1. The number of carbonyl (C=O) groups excluding carboxylic acids is 4. The van der Waals surface area contributed by atoms with E-state index in [9.17, 15) is 28.0 Å². The molecule has 304 valence electrons. The van der Waals surface area contributed by atoms with Crippen LogP contribution in [0.5, 0.6) is 5.06 Å². The highest BCUT2D eigenvalue weighted by Gasteiger charge is 2.43. The number of thiophene rings is 1. The molecule has 0 spiro atoms. The fraction of sp³-hybridized carbons (Fsp3) is 0.467. The number of thioether (sulfide) groups is 1. The number of halogens is 2. The van der Waals surface area contributed by atoms with Gasteiger partial charge in [0.1, 0.15) is 11.6 Å². The summed E-state index contributed by atoms with van der Waals surface area (Å²) in [6.45, 7) is 17.9. The molecule has 5 aliphatic rings. The van der Waals surface area contributed by atoms with Crippen molar-refractivity contribution in [3.63, 3.8) is 0 Å². The van der Waals surface area contributed by atoms with E-state index in [1.165, 1.54) is 47.0 Å². The lowest BCUT2D eigenvalue weighted by Crippen LogP contribution is -2.42. The highest BCUT2D eigenvalue weighted by Crippen LogP contribution is 2.43. The Bertz CT molecular complexity index is 1840. The standard InChI is InChI=1S/C20H20FNO3S.C18H18FNO2S.2C2H6.C2H4.CH4/c1-12(23)25-18-10-14-11-22(9-8-17(14)26-18)19(20(24)13-6-7-13)15-4-2-3-5-16(15)21;19-14-4-2-1-3-13(14)17(18(22)11-5-6-11)20-8-7-15-12(10-20)9-16(21)23-15;3*1-2;/h2-5,10,13,19H,6-9,11H2,1H3;1-4,9,11,15,17H,5-8,10H2;2*1-2H3;1-2H2;1H4. The van der Waals surface area contributed by atoms with Crippen LogP contribution < -0.4 is 4.74 Å². The van der Waals surface area contributed by atoms with Gasteiger partial charge in [-0.3, -0.25) is 29.0 Å². The van der Waals surface area contributed by atoms with Crippen LogP contribution >= 0.6 is 23.1 Å². The summed E-state index contributed by atoms with van der Waals surface area (Å²) in [7, 11) is 0. The van der Waals surface area contributed by atoms with Gasteiger partial charge in [-0.15, -0.1) is 24.5 Å². The minimum atomic E-state index is -0.547. The second-order valence-electron chi connectivity index (χ2n) is 13.4. The number of ketones is 2. The van der Waals surface area contributed by atoms with Crippen molar-refractivity contribution < 1.29 is 32.7 Å². The van der Waals surface area contributed by atoms with Gasteiger partial charge in [0.25, 0.3) is 0 Å². The molecule has 2 aromatic carbocycles. The van der Waals surface area contributed by atoms with E-state index in [4.69, 9.17) is 4.74 Å². The van der Waals surface area contributed by atoms with E-state index in [0.29, 0.717) is 35.8 Å². The van der Waals surface area contributed by atoms with Crippen LogP contribution in [0.1, 0.15) is 108 Å². The molecule has 2 saturated carbocycles. The van der Waals surface area contributed by atoms with Gasteiger partial charge in [0, 0.05) is 66.2 Å². The van der Waals surface area contributed by atoms with E-state index in [0.717, 1.165) is 56.2 Å². The van der Waals surface area contributed by atoms with Gasteiger partial charge in [0.2, 0.25) is 5.12 Å². The third-order valence-corrected chi connectivity index (χ3v) is 12.1. The SMILES string of the molecule is C.C=C.CC.CC.CC(=O)Oc1cc2c(s1)CCN(C(C(=O)C1CC1)c1ccccc1F)C2.O=C1C=C2CN(C(C(=O)C3CC3)c3ccccc3F)CCC2S1. The third-order valence-electron chi connectivity index (χ3n) is 9.79. The molecule has 11 heteroatoms. The molecule has 1 aromatic heterocycles. The van der Waals surface area contributed by atoms with Crippen LogP contribution in [-0.4, -0.2) is 57.3 Å². The Morgan fingerprint density at radius 1 is 0.786 bits per heavy atom. The Hall–Kier alpha value is -3.77. The van der Waals surface area contributed by atoms with Gasteiger partial charge in [0.05, 0.1) is 12.1 Å². The zero-order valence-corrected chi connectivity index (χ0v) is 34.3. The first-order chi connectivity index (χ1) is 26.7. The Labute approximate surface area is 340 Å². The fourth-order valence-electron chi connectivity index (χ4n) is 7.08. The highest BCUT2D eigenvalue weighted by molar-refractivity contribution is 8.15. The summed E-state index contributed by atoms with van der Waals surface area (Å²) in [5.74, 6) is -0.609. The smallest absolute Gasteiger partial charge is 0.308 e. The molecule has 1 saturated heterocycles. The summed E-state index contributed by atoms with van der Waals surface area (Å²) in [4.78, 5) is 53.8. The van der Waals surface area contributed by atoms with E-state index in [-0.39, 0.29) is 58.8 Å². The van der Waals surface area contributed by atoms with Crippen molar-refractivity contribution in [1.82, 2.24) is 9.80 Å². The van der Waals surface area contributed by atoms with Crippen LogP contribution in [0.3, 0.4) is 0 Å². The zero-order chi connectivity index (χ0) is 40.2. The maximum Gasteiger partial charge on any atom is 0.308 e. The second-order valence-corrected chi connectivity index (χ2v) is 15.7. The fourth-order valence-corrected chi connectivity index (χ4v) is 9.15. The van der Waals surface area contributed by atoms with Gasteiger partial charge in [-0.25, -0.2) is 8.78 Å². The number of ether oxygens (including phenoxy) is 1. The topological polar surface area (TPSA) is 84.0 Å². The van der Waals surface area contributed by atoms with Crippen LogP contribution in [-0.2, 0) is 32.1 Å². The lowest BCUT2D eigenvalue weighted by molar-refractivity contribution is -0.131. The zero-order valence-electron chi connectivity index (χ0n) is 32.7. The first kappa shape index (κ1) is 46.6. The van der Waals surface area contributed by atoms with Gasteiger partial charge in [0.15, 0.2) is 16.6 Å². The number of piperidine rings is 1. The van der Waals surface area contributed by atoms with E-state index in [1.807, 2.05) is 33.8 Å². The molecular weight excluding hydrogens is 751 g/mol. The number of hydrogen-bond acceptors (Lipinski definition) is 9. The maximum absolute atomic E-state index is 14.4. The molecular formula is C45H58F2N2O5S2. The summed E-state index contributed by atoms with van der Waals surface area (Å²) in [5, 5.41) is 0.930. The van der Waals surface area contributed by atoms with Crippen LogP contribution in [0.2, 0.25) is 0 Å². The van der Waals surface area contributed by atoms with Crippen molar-refractivity contribution in [3.8, 4) is 5.06 Å². The van der Waals surface area contributed by atoms with Crippen LogP contribution in [0.15, 0.2) is 79.4 Å². The second kappa shape index (κ2) is 22.2. The van der Waals surface area contributed by atoms with Crippen molar-refractivity contribution >= 4 is 45.7 Å². The number of rotatable bonds is 9. The third kappa shape index (κ3) is 11.6. The van der Waals surface area contributed by atoms with Crippen molar-refractivity contribution in [3.05, 3.63) is 113 Å². The minimum absolute atomic E-state index is 0. The lowest BCUT2D eigenvalue weighted by atomic mass is 9.94. The van der Waals surface area contributed by atoms with E-state index >= 15 is 0 Å². The summed E-state index contributed by atoms with van der Waals surface area (Å²) in [5.41, 5.74) is 3.07. The first-order valence-corrected chi connectivity index (χ1v) is 21.1. The van der Waals surface area contributed by atoms with E-state index in [2.05, 4.69) is 23.0 Å². The number of fused-ring (bicyclic) bond motifs is 2. The Balaban J connectivity index is 0.000000262. The van der Waals surface area contributed by atoms with Crippen molar-refractivity contribution in [1.29, 1.82) is 0 Å². The van der Waals surface area contributed by atoms with E-state index < -0.39 is 12.1 Å². The van der Waals surface area contributed by atoms with Crippen LogP contribution in [0.25, 0.3) is 0 Å². The molecule has 0 amide bonds. The number of hydrogen-bond donors (Lipinski definition) is 0. The molecule has 3 aliphatic heterocycles. The molecule has 3 fully saturated rings. The van der Waals surface area contributed by atoms with Crippen molar-refractivity contribution in [2.45, 2.75) is 104 Å². The maximum atomic E-state index is 14.4. The summed E-state index contributed by atoms with van der Waals surface area (Å²) in [6, 6.07) is 13.9. The van der Waals surface area contributed by atoms with Gasteiger partial charge in [-0.1, -0.05) is 83.3 Å². The largest absolute Gasteiger partial charge is 0.416 e. The molecule has 3 aromatic rings. The first-order valence-electron chi connectivity index (χ1n) is 19.4. The van der Waals surface area contributed by atoms with Crippen LogP contribution in [0.4, 0.5) is 8.78 Å². The molecule has 0 bridgehead atoms. The number of nitrogens with zero attached hydrogens (tertiary/aromatic N) is 2. The predicted molar refractivity (Wildman–Crippen MR) is 225 cm³/mol. The summed E-state index contributed by atoms with van der Waals surface area (Å²) >= 11 is 2.85. The molecule has 3 atom stereocenters. The molecule has 2 aliphatic carbocycles. The monoisotopic (exact) mass is 808 g/mol. The highest BCUT2D eigenvalue weighted by atomic mass is 32.2. The van der Waals surface area contributed by atoms with Crippen molar-refractivity contribution in [2.24, 2.45) is 11.8 Å².